The molecule has 2 atom stereocenters. The quantitative estimate of drug-likeness (QED) is 0.228. The van der Waals surface area contributed by atoms with Crippen molar-refractivity contribution in [3.8, 4) is 0 Å². The first-order valence-corrected chi connectivity index (χ1v) is 24.1. The highest BCUT2D eigenvalue weighted by molar-refractivity contribution is 6.93. The SMILES string of the molecule is C[Si]1(C)O[Si](C)(C)O[Si](C)(CCC(F)(F)F)O[Si](C)(CCC(F)(F)F)O[Si](C)(CCC(F)(F)F)O1. The minimum absolute atomic E-state index is 0.627. The van der Waals surface area contributed by atoms with Gasteiger partial charge < -0.3 is 20.6 Å². The topological polar surface area (TPSA) is 46.2 Å². The van der Waals surface area contributed by atoms with Gasteiger partial charge >= 0.3 is 61.3 Å². The van der Waals surface area contributed by atoms with E-state index in [2.05, 4.69) is 0 Å². The molecule has 0 saturated carbocycles. The van der Waals surface area contributed by atoms with Crippen molar-refractivity contribution < 1.29 is 60.1 Å². The molecule has 5 nitrogen and oxygen atoms in total. The number of halogens is 9. The maximum Gasteiger partial charge on any atom is 0.389 e. The molecule has 0 aromatic carbocycles. The lowest BCUT2D eigenvalue weighted by Crippen LogP contribution is -2.66. The number of alkyl halides is 9. The van der Waals surface area contributed by atoms with Crippen molar-refractivity contribution >= 4 is 42.8 Å². The third-order valence-corrected chi connectivity index (χ3v) is 26.6. The van der Waals surface area contributed by atoms with Crippen LogP contribution in [-0.4, -0.2) is 61.3 Å². The van der Waals surface area contributed by atoms with E-state index in [9.17, 15) is 39.5 Å². The average molecular weight is 617 g/mol. The summed E-state index contributed by atoms with van der Waals surface area (Å²) in [5.74, 6) is 0. The Labute approximate surface area is 204 Å². The molecule has 1 aliphatic rings. The lowest BCUT2D eigenvalue weighted by Gasteiger charge is -2.49. The van der Waals surface area contributed by atoms with E-state index < -0.39 is 98.7 Å². The fourth-order valence-electron chi connectivity index (χ4n) is 4.06. The van der Waals surface area contributed by atoms with Gasteiger partial charge in [0, 0.05) is 19.3 Å². The third kappa shape index (κ3) is 13.6. The first-order chi connectivity index (χ1) is 15.2. The van der Waals surface area contributed by atoms with Crippen LogP contribution in [0.4, 0.5) is 39.5 Å². The Bertz CT molecular complexity index is 673. The van der Waals surface area contributed by atoms with Gasteiger partial charge in [0.15, 0.2) is 0 Å². The van der Waals surface area contributed by atoms with E-state index in [1.54, 1.807) is 26.2 Å². The molecule has 19 heteroatoms. The summed E-state index contributed by atoms with van der Waals surface area (Å²) in [6.07, 6.45) is -17.8. The van der Waals surface area contributed by atoms with Crippen LogP contribution in [0.3, 0.4) is 0 Å². The molecule has 0 N–H and O–H groups in total. The molecule has 0 aromatic heterocycles. The zero-order valence-electron chi connectivity index (χ0n) is 20.7. The van der Waals surface area contributed by atoms with Gasteiger partial charge in [-0.1, -0.05) is 0 Å². The van der Waals surface area contributed by atoms with Crippen molar-refractivity contribution in [3.05, 3.63) is 0 Å². The Balaban J connectivity index is 3.55. The number of hydrogen-bond donors (Lipinski definition) is 0. The van der Waals surface area contributed by atoms with E-state index in [0.717, 1.165) is 0 Å². The molecule has 0 aliphatic carbocycles. The molecule has 0 spiro atoms. The van der Waals surface area contributed by atoms with Crippen molar-refractivity contribution in [1.82, 2.24) is 0 Å². The van der Waals surface area contributed by atoms with Gasteiger partial charge in [-0.15, -0.1) is 0 Å². The normalized spacial score (nSPS) is 32.9. The van der Waals surface area contributed by atoms with E-state index in [4.69, 9.17) is 20.6 Å². The monoisotopic (exact) mass is 616 g/mol. The summed E-state index contributed by atoms with van der Waals surface area (Å²) in [7, 11) is -18.4. The summed E-state index contributed by atoms with van der Waals surface area (Å²) < 4.78 is 148. The highest BCUT2D eigenvalue weighted by Gasteiger charge is 2.56. The second-order valence-electron chi connectivity index (χ2n) is 10.1. The first kappa shape index (κ1) is 33.3. The standard InChI is InChI=1S/C16H33F9O5Si5/c1-31(2)26-32(3,4)28-34(6,12-9-15(20,21)22)30-35(7,13-10-16(23,24)25)29-33(5,27-31)11-8-14(17,18)19/h8-13H2,1-7H3. The van der Waals surface area contributed by atoms with Crippen LogP contribution in [0.2, 0.25) is 64.0 Å². The van der Waals surface area contributed by atoms with Gasteiger partial charge in [-0.05, 0) is 64.0 Å². The van der Waals surface area contributed by atoms with Gasteiger partial charge in [0.1, 0.15) is 0 Å². The summed E-state index contributed by atoms with van der Waals surface area (Å²) in [6.45, 7) is 10.0. The predicted molar refractivity (Wildman–Crippen MR) is 122 cm³/mol. The maximum absolute atomic E-state index is 13.1. The highest BCUT2D eigenvalue weighted by Crippen LogP contribution is 2.40. The molecule has 35 heavy (non-hydrogen) atoms. The predicted octanol–water partition coefficient (Wildman–Crippen LogP) is 7.56. The molecule has 210 valence electrons. The van der Waals surface area contributed by atoms with Crippen molar-refractivity contribution in [2.45, 2.75) is 102 Å². The highest BCUT2D eigenvalue weighted by atomic mass is 28.5. The molecule has 2 unspecified atom stereocenters. The van der Waals surface area contributed by atoms with E-state index in [1.165, 1.54) is 19.6 Å². The molecule has 1 rings (SSSR count). The lowest BCUT2D eigenvalue weighted by molar-refractivity contribution is -0.132. The van der Waals surface area contributed by atoms with Gasteiger partial charge in [-0.25, -0.2) is 0 Å². The van der Waals surface area contributed by atoms with E-state index in [0.29, 0.717) is 0 Å². The van der Waals surface area contributed by atoms with Crippen LogP contribution in [0, 0.1) is 0 Å². The van der Waals surface area contributed by atoms with Crippen molar-refractivity contribution in [3.63, 3.8) is 0 Å². The van der Waals surface area contributed by atoms with E-state index in [1.807, 2.05) is 0 Å². The molecule has 0 radical (unpaired) electrons. The lowest BCUT2D eigenvalue weighted by atomic mass is 10.5. The molecule has 0 aromatic rings. The number of hydrogen-bond acceptors (Lipinski definition) is 5. The van der Waals surface area contributed by atoms with Gasteiger partial charge in [-0.2, -0.15) is 39.5 Å². The second-order valence-corrected chi connectivity index (χ2v) is 28.0. The molecule has 1 heterocycles. The maximum atomic E-state index is 13.1. The Morgan fingerprint density at radius 1 is 0.400 bits per heavy atom. The summed E-state index contributed by atoms with van der Waals surface area (Å²) in [5.41, 5.74) is 0. The van der Waals surface area contributed by atoms with Gasteiger partial charge in [0.05, 0.1) is 0 Å². The number of rotatable bonds is 6. The molecule has 0 amide bonds. The first-order valence-electron chi connectivity index (χ1n) is 10.9. The van der Waals surface area contributed by atoms with Gasteiger partial charge in [0.25, 0.3) is 0 Å². The Morgan fingerprint density at radius 2 is 0.629 bits per heavy atom. The van der Waals surface area contributed by atoms with Crippen molar-refractivity contribution in [2.75, 3.05) is 0 Å². The fraction of sp³-hybridized carbons (Fsp3) is 1.00. The smallest absolute Gasteiger partial charge is 0.389 e. The molecule has 1 aliphatic heterocycles. The fourth-order valence-corrected chi connectivity index (χ4v) is 31.8. The van der Waals surface area contributed by atoms with Crippen LogP contribution in [-0.2, 0) is 20.6 Å². The minimum Gasteiger partial charge on any atom is -0.416 e. The summed E-state index contributed by atoms with van der Waals surface area (Å²) in [6, 6.07) is -1.98. The van der Waals surface area contributed by atoms with E-state index in [-0.39, 0.29) is 0 Å². The molecule has 1 saturated heterocycles. The summed E-state index contributed by atoms with van der Waals surface area (Å²) in [5, 5.41) is 0. The van der Waals surface area contributed by atoms with Crippen molar-refractivity contribution in [2.24, 2.45) is 0 Å². The molecular formula is C16H33F9O5Si5. The van der Waals surface area contributed by atoms with Crippen molar-refractivity contribution in [1.29, 1.82) is 0 Å². The second kappa shape index (κ2) is 10.8. The molecule has 1 fully saturated rings. The Morgan fingerprint density at radius 3 is 0.857 bits per heavy atom. The molecule has 0 bridgehead atoms. The van der Waals surface area contributed by atoms with Crippen LogP contribution >= 0.6 is 0 Å². The van der Waals surface area contributed by atoms with Crippen LogP contribution in [0.25, 0.3) is 0 Å². The molecular weight excluding hydrogens is 584 g/mol. The average Bonchev–Trinajstić information content (AvgIpc) is 2.52. The Kier molecular flexibility index (Phi) is 10.3. The zero-order valence-corrected chi connectivity index (χ0v) is 25.7. The third-order valence-electron chi connectivity index (χ3n) is 4.87. The summed E-state index contributed by atoms with van der Waals surface area (Å²) in [4.78, 5) is 0. The van der Waals surface area contributed by atoms with Crippen LogP contribution in [0.1, 0.15) is 19.3 Å². The largest absolute Gasteiger partial charge is 0.416 e. The Hall–Kier alpha value is 0.254. The van der Waals surface area contributed by atoms with Gasteiger partial charge in [-0.3, -0.25) is 0 Å². The minimum atomic E-state index is -4.64. The summed E-state index contributed by atoms with van der Waals surface area (Å²) >= 11 is 0. The van der Waals surface area contributed by atoms with E-state index >= 15 is 0 Å². The van der Waals surface area contributed by atoms with Gasteiger partial charge in [0.2, 0.25) is 0 Å². The van der Waals surface area contributed by atoms with Crippen LogP contribution < -0.4 is 0 Å². The van der Waals surface area contributed by atoms with Crippen LogP contribution in [0.15, 0.2) is 0 Å². The zero-order chi connectivity index (χ0) is 27.8. The van der Waals surface area contributed by atoms with Crippen LogP contribution in [0.5, 0.6) is 0 Å².